The number of rotatable bonds is 5. The van der Waals surface area contributed by atoms with Gasteiger partial charge in [0.15, 0.2) is 0 Å². The molecule has 0 bridgehead atoms. The third-order valence-electron chi connectivity index (χ3n) is 4.00. The van der Waals surface area contributed by atoms with Gasteiger partial charge in [-0.05, 0) is 36.1 Å². The van der Waals surface area contributed by atoms with Crippen LogP contribution in [0.2, 0.25) is 0 Å². The Morgan fingerprint density at radius 3 is 2.68 bits per heavy atom. The van der Waals surface area contributed by atoms with E-state index in [-0.39, 0.29) is 18.0 Å². The Morgan fingerprint density at radius 2 is 1.95 bits per heavy atom. The Kier molecular flexibility index (Phi) is 4.39. The summed E-state index contributed by atoms with van der Waals surface area (Å²) in [5.41, 5.74) is 7.63. The molecule has 0 aliphatic carbocycles. The van der Waals surface area contributed by atoms with E-state index in [4.69, 9.17) is 10.5 Å². The second kappa shape index (κ2) is 6.62. The number of primary amides is 1. The Labute approximate surface area is 130 Å². The number of benzene rings is 2. The van der Waals surface area contributed by atoms with Gasteiger partial charge in [0.1, 0.15) is 12.4 Å². The van der Waals surface area contributed by atoms with E-state index in [0.29, 0.717) is 6.61 Å². The minimum Gasteiger partial charge on any atom is -0.489 e. The number of nitrogens with two attached hydrogens (primary N) is 1. The van der Waals surface area contributed by atoms with Gasteiger partial charge in [-0.2, -0.15) is 0 Å². The maximum atomic E-state index is 11.2. The molecule has 2 aromatic rings. The monoisotopic (exact) mass is 296 g/mol. The van der Waals surface area contributed by atoms with Crippen molar-refractivity contribution >= 4 is 5.91 Å². The molecule has 1 saturated heterocycles. The molecule has 1 aliphatic rings. The van der Waals surface area contributed by atoms with Crippen molar-refractivity contribution in [3.63, 3.8) is 0 Å². The molecule has 0 spiro atoms. The Morgan fingerprint density at radius 1 is 1.14 bits per heavy atom. The van der Waals surface area contributed by atoms with E-state index >= 15 is 0 Å². The maximum Gasteiger partial charge on any atom is 0.234 e. The summed E-state index contributed by atoms with van der Waals surface area (Å²) < 4.78 is 5.85. The van der Waals surface area contributed by atoms with Crippen LogP contribution in [0.1, 0.15) is 30.0 Å². The molecule has 0 radical (unpaired) electrons. The minimum absolute atomic E-state index is 0.165. The molecule has 1 aliphatic heterocycles. The molecule has 4 nitrogen and oxygen atoms in total. The second-order valence-corrected chi connectivity index (χ2v) is 5.60. The third kappa shape index (κ3) is 3.46. The molecule has 0 unspecified atom stereocenters. The van der Waals surface area contributed by atoms with Crippen LogP contribution in [0, 0.1) is 0 Å². The van der Waals surface area contributed by atoms with Gasteiger partial charge in [0.05, 0.1) is 6.04 Å². The van der Waals surface area contributed by atoms with Crippen LogP contribution in [-0.4, -0.2) is 11.9 Å². The predicted molar refractivity (Wildman–Crippen MR) is 85.3 cm³/mol. The lowest BCUT2D eigenvalue weighted by Gasteiger charge is -2.14. The highest BCUT2D eigenvalue weighted by Crippen LogP contribution is 2.28. The van der Waals surface area contributed by atoms with Gasteiger partial charge in [-0.25, -0.2) is 0 Å². The quantitative estimate of drug-likeness (QED) is 0.891. The zero-order chi connectivity index (χ0) is 15.4. The fourth-order valence-corrected chi connectivity index (χ4v) is 2.79. The highest BCUT2D eigenvalue weighted by molar-refractivity contribution is 5.80. The average molecular weight is 296 g/mol. The lowest BCUT2D eigenvalue weighted by atomic mass is 10.1. The van der Waals surface area contributed by atoms with E-state index < -0.39 is 0 Å². The fraction of sp³-hybridized carbons (Fsp3) is 0.278. The molecule has 1 amide bonds. The highest BCUT2D eigenvalue weighted by Gasteiger charge is 2.28. The molecular weight excluding hydrogens is 276 g/mol. The van der Waals surface area contributed by atoms with E-state index in [2.05, 4.69) is 11.4 Å². The number of ether oxygens (including phenoxy) is 1. The molecule has 0 aromatic heterocycles. The van der Waals surface area contributed by atoms with Crippen LogP contribution in [0.25, 0.3) is 0 Å². The first-order valence-electron chi connectivity index (χ1n) is 7.54. The summed E-state index contributed by atoms with van der Waals surface area (Å²) in [5, 5.41) is 3.28. The SMILES string of the molecule is NC(=O)[C@@H]1CC[C@H](c2cccc(OCc3ccccc3)c2)N1. The summed E-state index contributed by atoms with van der Waals surface area (Å²) in [6.45, 7) is 0.548. The number of amides is 1. The van der Waals surface area contributed by atoms with Gasteiger partial charge in [-0.1, -0.05) is 42.5 Å². The molecule has 1 fully saturated rings. The molecule has 1 heterocycles. The Hall–Kier alpha value is -2.33. The summed E-state index contributed by atoms with van der Waals surface area (Å²) in [5.74, 6) is 0.560. The van der Waals surface area contributed by atoms with Crippen molar-refractivity contribution in [3.8, 4) is 5.75 Å². The van der Waals surface area contributed by atoms with Crippen molar-refractivity contribution in [2.75, 3.05) is 0 Å². The van der Waals surface area contributed by atoms with Crippen LogP contribution >= 0.6 is 0 Å². The zero-order valence-corrected chi connectivity index (χ0v) is 12.4. The standard InChI is InChI=1S/C18H20N2O2/c19-18(21)17-10-9-16(20-17)14-7-4-8-15(11-14)22-12-13-5-2-1-3-6-13/h1-8,11,16-17,20H,9-10,12H2,(H2,19,21)/t16-,17+/m1/s1. The van der Waals surface area contributed by atoms with Crippen molar-refractivity contribution in [1.82, 2.24) is 5.32 Å². The van der Waals surface area contributed by atoms with Crippen LogP contribution in [0.15, 0.2) is 54.6 Å². The smallest absolute Gasteiger partial charge is 0.234 e. The maximum absolute atomic E-state index is 11.2. The molecular formula is C18H20N2O2. The van der Waals surface area contributed by atoms with Crippen LogP contribution in [-0.2, 0) is 11.4 Å². The summed E-state index contributed by atoms with van der Waals surface area (Å²) in [4.78, 5) is 11.2. The summed E-state index contributed by atoms with van der Waals surface area (Å²) in [7, 11) is 0. The number of nitrogens with one attached hydrogen (secondary N) is 1. The molecule has 0 saturated carbocycles. The van der Waals surface area contributed by atoms with Crippen molar-refractivity contribution in [3.05, 3.63) is 65.7 Å². The summed E-state index contributed by atoms with van der Waals surface area (Å²) >= 11 is 0. The molecule has 3 N–H and O–H groups in total. The van der Waals surface area contributed by atoms with Gasteiger partial charge in [0, 0.05) is 6.04 Å². The molecule has 4 heteroatoms. The molecule has 114 valence electrons. The minimum atomic E-state index is -0.279. The highest BCUT2D eigenvalue weighted by atomic mass is 16.5. The zero-order valence-electron chi connectivity index (χ0n) is 12.4. The fourth-order valence-electron chi connectivity index (χ4n) is 2.79. The lowest BCUT2D eigenvalue weighted by molar-refractivity contribution is -0.119. The van der Waals surface area contributed by atoms with Gasteiger partial charge < -0.3 is 10.5 Å². The average Bonchev–Trinajstić information content (AvgIpc) is 3.05. The van der Waals surface area contributed by atoms with E-state index in [0.717, 1.165) is 29.7 Å². The van der Waals surface area contributed by atoms with Crippen LogP contribution in [0.4, 0.5) is 0 Å². The lowest BCUT2D eigenvalue weighted by Crippen LogP contribution is -2.37. The van der Waals surface area contributed by atoms with Crippen LogP contribution < -0.4 is 15.8 Å². The number of hydrogen-bond donors (Lipinski definition) is 2. The van der Waals surface area contributed by atoms with Gasteiger partial charge in [-0.3, -0.25) is 10.1 Å². The Balaban J connectivity index is 1.64. The first-order chi connectivity index (χ1) is 10.7. The number of hydrogen-bond acceptors (Lipinski definition) is 3. The van der Waals surface area contributed by atoms with E-state index in [9.17, 15) is 4.79 Å². The number of carbonyl (C=O) groups excluding carboxylic acids is 1. The van der Waals surface area contributed by atoms with Crippen molar-refractivity contribution in [2.45, 2.75) is 31.5 Å². The first-order valence-corrected chi connectivity index (χ1v) is 7.54. The van der Waals surface area contributed by atoms with Crippen molar-refractivity contribution in [1.29, 1.82) is 0 Å². The second-order valence-electron chi connectivity index (χ2n) is 5.60. The molecule has 2 aromatic carbocycles. The topological polar surface area (TPSA) is 64.4 Å². The third-order valence-corrected chi connectivity index (χ3v) is 4.00. The van der Waals surface area contributed by atoms with Crippen molar-refractivity contribution < 1.29 is 9.53 Å². The number of carbonyl (C=O) groups is 1. The van der Waals surface area contributed by atoms with Crippen molar-refractivity contribution in [2.24, 2.45) is 5.73 Å². The Bertz CT molecular complexity index is 643. The van der Waals surface area contributed by atoms with Gasteiger partial charge in [0.25, 0.3) is 0 Å². The van der Waals surface area contributed by atoms with Gasteiger partial charge in [-0.15, -0.1) is 0 Å². The van der Waals surface area contributed by atoms with Gasteiger partial charge >= 0.3 is 0 Å². The van der Waals surface area contributed by atoms with Gasteiger partial charge in [0.2, 0.25) is 5.91 Å². The van der Waals surface area contributed by atoms with E-state index in [1.54, 1.807) is 0 Å². The largest absolute Gasteiger partial charge is 0.489 e. The van der Waals surface area contributed by atoms with Crippen LogP contribution in [0.3, 0.4) is 0 Å². The summed E-state index contributed by atoms with van der Waals surface area (Å²) in [6, 6.07) is 18.0. The predicted octanol–water partition coefficient (Wildman–Crippen LogP) is 2.54. The molecule has 2 atom stereocenters. The summed E-state index contributed by atoms with van der Waals surface area (Å²) in [6.07, 6.45) is 1.70. The molecule has 22 heavy (non-hydrogen) atoms. The normalized spacial score (nSPS) is 20.7. The van der Waals surface area contributed by atoms with E-state index in [1.165, 1.54) is 0 Å². The molecule has 3 rings (SSSR count). The van der Waals surface area contributed by atoms with Crippen LogP contribution in [0.5, 0.6) is 5.75 Å². The first kappa shape index (κ1) is 14.6. The van der Waals surface area contributed by atoms with E-state index in [1.807, 2.05) is 48.5 Å².